The number of rotatable bonds is 6. The van der Waals surface area contributed by atoms with E-state index in [1.807, 2.05) is 0 Å². The minimum absolute atomic E-state index is 0.137. The van der Waals surface area contributed by atoms with Gasteiger partial charge in [0.05, 0.1) is 0 Å². The molecule has 0 spiro atoms. The smallest absolute Gasteiger partial charge is 0.0169 e. The van der Waals surface area contributed by atoms with Gasteiger partial charge in [-0.1, -0.05) is 118 Å². The van der Waals surface area contributed by atoms with Gasteiger partial charge >= 0.3 is 0 Å². The summed E-state index contributed by atoms with van der Waals surface area (Å²) in [6, 6.07) is 0. The third-order valence-electron chi connectivity index (χ3n) is 11.7. The molecule has 0 nitrogen and oxygen atoms in total. The standard InChI is InChI=1S/C33H60P2/c1-28(34(29-18-8-4-9-19-29)30-20-10-5-11-21-30)35(32-24-14-6-15-25-32,33-26-16-7-17-27-33)31-22-12-2-3-13-23-31/h29-33H,2-27H2,1H3. The Morgan fingerprint density at radius 3 is 0.971 bits per heavy atom. The Labute approximate surface area is 221 Å². The molecule has 5 fully saturated rings. The molecule has 0 N–H and O–H groups in total. The molecule has 0 aromatic carbocycles. The third kappa shape index (κ3) is 6.16. The molecule has 0 amide bonds. The Bertz CT molecular complexity index is 623. The zero-order chi connectivity index (χ0) is 23.9. The maximum Gasteiger partial charge on any atom is -0.0169 e. The van der Waals surface area contributed by atoms with E-state index in [-0.39, 0.29) is 7.92 Å². The van der Waals surface area contributed by atoms with Gasteiger partial charge in [-0.25, -0.2) is 0 Å². The average Bonchev–Trinajstić information content (AvgIpc) is 3.22. The van der Waals surface area contributed by atoms with Crippen molar-refractivity contribution in [3.8, 4) is 0 Å². The summed E-state index contributed by atoms with van der Waals surface area (Å²) in [7, 11) is 0.137. The molecule has 35 heavy (non-hydrogen) atoms. The molecule has 0 radical (unpaired) electrons. The lowest BCUT2D eigenvalue weighted by molar-refractivity contribution is 0.475. The first-order valence-corrected chi connectivity index (χ1v) is 20.3. The van der Waals surface area contributed by atoms with Gasteiger partial charge in [-0.05, 0) is 104 Å². The molecule has 5 aliphatic rings. The highest BCUT2D eigenvalue weighted by molar-refractivity contribution is 7.97. The lowest BCUT2D eigenvalue weighted by Crippen LogP contribution is -2.35. The molecule has 0 aromatic heterocycles. The summed E-state index contributed by atoms with van der Waals surface area (Å²) in [6.45, 7) is 1.84. The lowest BCUT2D eigenvalue weighted by Gasteiger charge is -2.54. The number of hydrogen-bond donors (Lipinski definition) is 0. The van der Waals surface area contributed by atoms with Crippen molar-refractivity contribution in [2.24, 2.45) is 0 Å². The van der Waals surface area contributed by atoms with Crippen LogP contribution in [-0.2, 0) is 0 Å². The lowest BCUT2D eigenvalue weighted by atomic mass is 9.99. The second-order valence-corrected chi connectivity index (χ2v) is 21.4. The molecule has 5 saturated carbocycles. The van der Waals surface area contributed by atoms with E-state index in [1.54, 1.807) is 154 Å². The van der Waals surface area contributed by atoms with Gasteiger partial charge in [-0.3, -0.25) is 0 Å². The van der Waals surface area contributed by atoms with Crippen molar-refractivity contribution in [3.63, 3.8) is 0 Å². The van der Waals surface area contributed by atoms with Crippen LogP contribution in [0.4, 0.5) is 0 Å². The van der Waals surface area contributed by atoms with E-state index in [1.165, 1.54) is 12.8 Å². The normalized spacial score (nSPS) is 28.3. The van der Waals surface area contributed by atoms with Crippen molar-refractivity contribution in [1.29, 1.82) is 0 Å². The summed E-state index contributed by atoms with van der Waals surface area (Å²) in [5.74, 6) is 0. The highest BCUT2D eigenvalue weighted by atomic mass is 31.2. The minimum Gasteiger partial charge on any atom is -0.0925 e. The second-order valence-electron chi connectivity index (χ2n) is 13.6. The quantitative estimate of drug-likeness (QED) is 0.242. The zero-order valence-electron chi connectivity index (χ0n) is 23.7. The largest absolute Gasteiger partial charge is 0.0925 e. The van der Waals surface area contributed by atoms with Gasteiger partial charge in [0.2, 0.25) is 0 Å². The fourth-order valence-electron chi connectivity index (χ4n) is 10.1. The Morgan fingerprint density at radius 2 is 0.657 bits per heavy atom. The molecule has 0 aromatic rings. The van der Waals surface area contributed by atoms with Crippen LogP contribution in [0.1, 0.15) is 174 Å². The monoisotopic (exact) mass is 518 g/mol. The molecule has 0 heterocycles. The van der Waals surface area contributed by atoms with E-state index < -0.39 is 6.89 Å². The van der Waals surface area contributed by atoms with Crippen LogP contribution >= 0.6 is 14.8 Å². The van der Waals surface area contributed by atoms with Crippen LogP contribution in [0.15, 0.2) is 0 Å². The summed E-state index contributed by atoms with van der Waals surface area (Å²) in [4.78, 5) is 0. The Morgan fingerprint density at radius 1 is 0.400 bits per heavy atom. The van der Waals surface area contributed by atoms with E-state index in [4.69, 9.17) is 0 Å². The van der Waals surface area contributed by atoms with Crippen LogP contribution in [0.25, 0.3) is 0 Å². The second kappa shape index (κ2) is 13.7. The van der Waals surface area contributed by atoms with Gasteiger partial charge in [-0.2, -0.15) is 0 Å². The van der Waals surface area contributed by atoms with Crippen molar-refractivity contribution in [2.75, 3.05) is 0 Å². The minimum atomic E-state index is -1.09. The SMILES string of the molecule is CC(P(C1CCCCC1)C1CCCCC1)=P(C1CCCCCC1)(C1CCCCC1)C1CCCCC1. The van der Waals surface area contributed by atoms with E-state index in [0.717, 1.165) is 28.3 Å². The third-order valence-corrected chi connectivity index (χ3v) is 23.0. The van der Waals surface area contributed by atoms with Crippen LogP contribution < -0.4 is 0 Å². The van der Waals surface area contributed by atoms with Gasteiger partial charge in [0.1, 0.15) is 0 Å². The first kappa shape index (κ1) is 27.3. The van der Waals surface area contributed by atoms with Crippen LogP contribution in [0.2, 0.25) is 0 Å². The molecule has 0 bridgehead atoms. The maximum absolute atomic E-state index is 2.93. The van der Waals surface area contributed by atoms with Gasteiger partial charge in [0.25, 0.3) is 0 Å². The van der Waals surface area contributed by atoms with Gasteiger partial charge in [0.15, 0.2) is 0 Å². The molecule has 2 heteroatoms. The van der Waals surface area contributed by atoms with Gasteiger partial charge < -0.3 is 0 Å². The molecule has 0 aliphatic heterocycles. The Balaban J connectivity index is 1.66. The van der Waals surface area contributed by atoms with Crippen LogP contribution in [0, 0.1) is 0 Å². The van der Waals surface area contributed by atoms with E-state index in [9.17, 15) is 0 Å². The highest BCUT2D eigenvalue weighted by Crippen LogP contribution is 2.75. The molecule has 5 rings (SSSR count). The predicted molar refractivity (Wildman–Crippen MR) is 164 cm³/mol. The van der Waals surface area contributed by atoms with E-state index in [2.05, 4.69) is 12.0 Å². The van der Waals surface area contributed by atoms with Gasteiger partial charge in [0, 0.05) is 0 Å². The molecule has 0 atom stereocenters. The summed E-state index contributed by atoms with van der Waals surface area (Å²) in [5.41, 5.74) is 5.70. The summed E-state index contributed by atoms with van der Waals surface area (Å²) < 4.78 is 0. The first-order valence-electron chi connectivity index (χ1n) is 16.8. The molecule has 0 saturated heterocycles. The summed E-state index contributed by atoms with van der Waals surface area (Å²) >= 11 is 0. The highest BCUT2D eigenvalue weighted by Gasteiger charge is 2.46. The van der Waals surface area contributed by atoms with Crippen LogP contribution in [-0.4, -0.2) is 33.3 Å². The van der Waals surface area contributed by atoms with E-state index >= 15 is 0 Å². The summed E-state index contributed by atoms with van der Waals surface area (Å²) in [6.07, 6.45) is 41.2. The fourth-order valence-corrected chi connectivity index (χ4v) is 24.7. The van der Waals surface area contributed by atoms with Crippen LogP contribution in [0.5, 0.6) is 0 Å². The molecular weight excluding hydrogens is 458 g/mol. The molecule has 202 valence electrons. The molecular formula is C33H60P2. The van der Waals surface area contributed by atoms with Crippen molar-refractivity contribution in [2.45, 2.75) is 202 Å². The van der Waals surface area contributed by atoms with Crippen LogP contribution in [0.3, 0.4) is 0 Å². The van der Waals surface area contributed by atoms with Crippen molar-refractivity contribution in [3.05, 3.63) is 0 Å². The van der Waals surface area contributed by atoms with Crippen molar-refractivity contribution in [1.82, 2.24) is 0 Å². The summed E-state index contributed by atoms with van der Waals surface area (Å²) in [5, 5.41) is 2.33. The predicted octanol–water partition coefficient (Wildman–Crippen LogP) is 11.7. The molecule has 5 aliphatic carbocycles. The fraction of sp³-hybridized carbons (Fsp3) is 0.970. The van der Waals surface area contributed by atoms with Gasteiger partial charge in [-0.15, -0.1) is 0 Å². The maximum atomic E-state index is 2.93. The molecule has 0 unspecified atom stereocenters. The average molecular weight is 519 g/mol. The first-order chi connectivity index (χ1) is 17.3. The van der Waals surface area contributed by atoms with Crippen molar-refractivity contribution < 1.29 is 0 Å². The topological polar surface area (TPSA) is 0 Å². The van der Waals surface area contributed by atoms with Crippen molar-refractivity contribution >= 4 is 19.8 Å². The zero-order valence-corrected chi connectivity index (χ0v) is 25.5. The Kier molecular flexibility index (Phi) is 10.7. The Hall–Kier alpha value is 0.730. The number of hydrogen-bond acceptors (Lipinski definition) is 0. The van der Waals surface area contributed by atoms with E-state index in [0.29, 0.717) is 0 Å².